The van der Waals surface area contributed by atoms with E-state index < -0.39 is 12.0 Å². The van der Waals surface area contributed by atoms with Crippen LogP contribution in [0.25, 0.3) is 0 Å². The second-order valence-electron chi connectivity index (χ2n) is 4.57. The van der Waals surface area contributed by atoms with E-state index in [1.54, 1.807) is 7.11 Å². The highest BCUT2D eigenvalue weighted by molar-refractivity contribution is 5.85. The van der Waals surface area contributed by atoms with Gasteiger partial charge in [-0.05, 0) is 38.0 Å². The fraction of sp³-hybridized carbons (Fsp3) is 0.429. The fourth-order valence-corrected chi connectivity index (χ4v) is 1.88. The highest BCUT2D eigenvalue weighted by atomic mass is 16.5. The molecule has 104 valence electrons. The van der Waals surface area contributed by atoms with Gasteiger partial charge in [0.2, 0.25) is 5.91 Å². The van der Waals surface area contributed by atoms with Crippen molar-refractivity contribution in [1.82, 2.24) is 5.32 Å². The van der Waals surface area contributed by atoms with Crippen LogP contribution in [0.4, 0.5) is 0 Å². The monoisotopic (exact) mass is 265 g/mol. The van der Waals surface area contributed by atoms with Gasteiger partial charge in [0.1, 0.15) is 11.8 Å². The molecule has 0 spiro atoms. The van der Waals surface area contributed by atoms with Crippen LogP contribution in [-0.4, -0.2) is 30.1 Å². The van der Waals surface area contributed by atoms with Gasteiger partial charge in [0.05, 0.1) is 13.5 Å². The lowest BCUT2D eigenvalue weighted by Crippen LogP contribution is -2.39. The summed E-state index contributed by atoms with van der Waals surface area (Å²) in [5, 5.41) is 11.2. The number of aryl methyl sites for hydroxylation is 2. The van der Waals surface area contributed by atoms with Gasteiger partial charge in [-0.2, -0.15) is 0 Å². The van der Waals surface area contributed by atoms with Gasteiger partial charge in [0.15, 0.2) is 0 Å². The van der Waals surface area contributed by atoms with Crippen LogP contribution in [0.1, 0.15) is 23.6 Å². The number of aliphatic carboxylic acids is 1. The van der Waals surface area contributed by atoms with Crippen LogP contribution >= 0.6 is 0 Å². The zero-order valence-corrected chi connectivity index (χ0v) is 11.6. The third-order valence-electron chi connectivity index (χ3n) is 2.88. The highest BCUT2D eigenvalue weighted by Crippen LogP contribution is 2.24. The number of carboxylic acids is 1. The quantitative estimate of drug-likeness (QED) is 0.844. The molecule has 0 aliphatic heterocycles. The molecule has 0 heterocycles. The van der Waals surface area contributed by atoms with Crippen LogP contribution < -0.4 is 10.1 Å². The maximum Gasteiger partial charge on any atom is 0.325 e. The van der Waals surface area contributed by atoms with Crippen molar-refractivity contribution < 1.29 is 19.4 Å². The summed E-state index contributed by atoms with van der Waals surface area (Å²) in [6, 6.07) is 2.92. The van der Waals surface area contributed by atoms with Crippen LogP contribution in [0.15, 0.2) is 12.1 Å². The van der Waals surface area contributed by atoms with Gasteiger partial charge in [-0.1, -0.05) is 6.07 Å². The van der Waals surface area contributed by atoms with E-state index in [-0.39, 0.29) is 12.3 Å². The molecule has 0 aliphatic rings. The lowest BCUT2D eigenvalue weighted by molar-refractivity contribution is -0.141. The zero-order valence-electron chi connectivity index (χ0n) is 11.6. The van der Waals surface area contributed by atoms with E-state index in [2.05, 4.69) is 5.32 Å². The molecule has 0 unspecified atom stereocenters. The molecule has 0 aliphatic carbocycles. The predicted octanol–water partition coefficient (Wildman–Crippen LogP) is 1.44. The number of benzene rings is 1. The first-order valence-corrected chi connectivity index (χ1v) is 6.01. The Morgan fingerprint density at radius 3 is 2.53 bits per heavy atom. The van der Waals surface area contributed by atoms with Crippen LogP contribution in [0.3, 0.4) is 0 Å². The Morgan fingerprint density at radius 2 is 2.00 bits per heavy atom. The molecule has 0 fully saturated rings. The fourth-order valence-electron chi connectivity index (χ4n) is 1.88. The minimum atomic E-state index is -1.05. The van der Waals surface area contributed by atoms with Crippen molar-refractivity contribution in [2.75, 3.05) is 7.11 Å². The molecule has 0 saturated heterocycles. The molecule has 1 aromatic carbocycles. The van der Waals surface area contributed by atoms with Gasteiger partial charge in [-0.15, -0.1) is 0 Å². The van der Waals surface area contributed by atoms with Crippen LogP contribution in [0.5, 0.6) is 5.75 Å². The minimum Gasteiger partial charge on any atom is -0.496 e. The lowest BCUT2D eigenvalue weighted by atomic mass is 10.0. The molecule has 5 nitrogen and oxygen atoms in total. The van der Waals surface area contributed by atoms with Crippen molar-refractivity contribution in [3.05, 3.63) is 28.8 Å². The van der Waals surface area contributed by atoms with Crippen molar-refractivity contribution in [3.8, 4) is 5.75 Å². The molecule has 0 bridgehead atoms. The molecule has 0 radical (unpaired) electrons. The first kappa shape index (κ1) is 15.0. The van der Waals surface area contributed by atoms with Crippen molar-refractivity contribution in [2.45, 2.75) is 33.2 Å². The van der Waals surface area contributed by atoms with Crippen molar-refractivity contribution in [3.63, 3.8) is 0 Å². The molecule has 5 heteroatoms. The molecule has 0 aromatic heterocycles. The Labute approximate surface area is 112 Å². The summed E-state index contributed by atoms with van der Waals surface area (Å²) in [7, 11) is 1.55. The number of hydrogen-bond acceptors (Lipinski definition) is 3. The van der Waals surface area contributed by atoms with Gasteiger partial charge >= 0.3 is 5.97 Å². The molecular weight excluding hydrogens is 246 g/mol. The van der Waals surface area contributed by atoms with E-state index in [1.165, 1.54) is 6.92 Å². The first-order valence-electron chi connectivity index (χ1n) is 6.01. The standard InChI is InChI=1S/C14H19NO4/c1-8-5-9(2)11(12(6-8)19-4)7-13(16)15-10(3)14(17)18/h5-6,10H,7H2,1-4H3,(H,15,16)(H,17,18)/t10-/m0/s1. The maximum absolute atomic E-state index is 11.8. The van der Waals surface area contributed by atoms with Gasteiger partial charge in [-0.3, -0.25) is 9.59 Å². The number of hydrogen-bond donors (Lipinski definition) is 2. The number of nitrogens with one attached hydrogen (secondary N) is 1. The molecule has 1 rings (SSSR count). The van der Waals surface area contributed by atoms with E-state index in [0.717, 1.165) is 16.7 Å². The Morgan fingerprint density at radius 1 is 1.37 bits per heavy atom. The van der Waals surface area contributed by atoms with E-state index in [4.69, 9.17) is 9.84 Å². The van der Waals surface area contributed by atoms with Gasteiger partial charge in [0.25, 0.3) is 0 Å². The Kier molecular flexibility index (Phi) is 4.92. The summed E-state index contributed by atoms with van der Waals surface area (Å²) < 4.78 is 5.26. The number of methoxy groups -OCH3 is 1. The second kappa shape index (κ2) is 6.22. The molecule has 1 amide bonds. The Balaban J connectivity index is 2.87. The average Bonchev–Trinajstić information content (AvgIpc) is 2.31. The number of carbonyl (C=O) groups excluding carboxylic acids is 1. The minimum absolute atomic E-state index is 0.104. The summed E-state index contributed by atoms with van der Waals surface area (Å²) in [5.74, 6) is -0.739. The zero-order chi connectivity index (χ0) is 14.6. The summed E-state index contributed by atoms with van der Waals surface area (Å²) in [6.07, 6.45) is 0.104. The number of carbonyl (C=O) groups is 2. The van der Waals surface area contributed by atoms with Crippen molar-refractivity contribution in [2.24, 2.45) is 0 Å². The summed E-state index contributed by atoms with van der Waals surface area (Å²) in [4.78, 5) is 22.5. The predicted molar refractivity (Wildman–Crippen MR) is 71.4 cm³/mol. The maximum atomic E-state index is 11.8. The number of ether oxygens (including phenoxy) is 1. The van der Waals surface area contributed by atoms with Crippen LogP contribution in [0, 0.1) is 13.8 Å². The largest absolute Gasteiger partial charge is 0.496 e. The van der Waals surface area contributed by atoms with E-state index in [0.29, 0.717) is 5.75 Å². The topological polar surface area (TPSA) is 75.6 Å². The van der Waals surface area contributed by atoms with Crippen LogP contribution in [-0.2, 0) is 16.0 Å². The second-order valence-corrected chi connectivity index (χ2v) is 4.57. The smallest absolute Gasteiger partial charge is 0.325 e. The van der Waals surface area contributed by atoms with Gasteiger partial charge in [-0.25, -0.2) is 0 Å². The molecule has 2 N–H and O–H groups in total. The van der Waals surface area contributed by atoms with E-state index in [9.17, 15) is 9.59 Å². The van der Waals surface area contributed by atoms with E-state index >= 15 is 0 Å². The summed E-state index contributed by atoms with van der Waals surface area (Å²) in [5.41, 5.74) is 2.79. The summed E-state index contributed by atoms with van der Waals surface area (Å²) >= 11 is 0. The van der Waals surface area contributed by atoms with Crippen molar-refractivity contribution >= 4 is 11.9 Å². The number of amides is 1. The van der Waals surface area contributed by atoms with Gasteiger partial charge < -0.3 is 15.2 Å². The molecular formula is C14H19NO4. The Hall–Kier alpha value is -2.04. The van der Waals surface area contributed by atoms with E-state index in [1.807, 2.05) is 26.0 Å². The molecule has 1 aromatic rings. The average molecular weight is 265 g/mol. The van der Waals surface area contributed by atoms with Crippen molar-refractivity contribution in [1.29, 1.82) is 0 Å². The SMILES string of the molecule is COc1cc(C)cc(C)c1CC(=O)N[C@@H](C)C(=O)O. The Bertz CT molecular complexity index is 496. The number of rotatable bonds is 5. The number of carboxylic acid groups (broad SMARTS) is 1. The third-order valence-corrected chi connectivity index (χ3v) is 2.88. The third kappa shape index (κ3) is 3.98. The molecule has 0 saturated carbocycles. The normalized spacial score (nSPS) is 11.8. The lowest BCUT2D eigenvalue weighted by Gasteiger charge is -2.14. The summed E-state index contributed by atoms with van der Waals surface area (Å²) in [6.45, 7) is 5.28. The highest BCUT2D eigenvalue weighted by Gasteiger charge is 2.17. The molecule has 19 heavy (non-hydrogen) atoms. The van der Waals surface area contributed by atoms with Gasteiger partial charge in [0, 0.05) is 5.56 Å². The van der Waals surface area contributed by atoms with Crippen LogP contribution in [0.2, 0.25) is 0 Å². The molecule has 1 atom stereocenters. The first-order chi connectivity index (χ1) is 8.85.